The van der Waals surface area contributed by atoms with Gasteiger partial charge in [0.15, 0.2) is 10.7 Å². The second-order valence-corrected chi connectivity index (χ2v) is 11.3. The fraction of sp³-hybridized carbons (Fsp3) is 0.280. The highest BCUT2D eigenvalue weighted by molar-refractivity contribution is 9.10. The van der Waals surface area contributed by atoms with Crippen LogP contribution in [0.5, 0.6) is 0 Å². The number of hydrogen-bond donors (Lipinski definition) is 1. The summed E-state index contributed by atoms with van der Waals surface area (Å²) >= 11 is 3.43. The number of aromatic nitrogens is 1. The fourth-order valence-electron chi connectivity index (χ4n) is 4.06. The minimum Gasteiger partial charge on any atom is -0.355 e. The smallest absolute Gasteiger partial charge is 0.248 e. The molecular weight excluding hydrogens is 556 g/mol. The molecule has 0 unspecified atom stereocenters. The summed E-state index contributed by atoms with van der Waals surface area (Å²) in [6.07, 6.45) is 3.31. The first kappa shape index (κ1) is 26.2. The number of rotatable bonds is 6. The van der Waals surface area contributed by atoms with Crippen molar-refractivity contribution in [1.82, 2.24) is 9.46 Å². The van der Waals surface area contributed by atoms with Gasteiger partial charge in [-0.1, -0.05) is 21.1 Å². The van der Waals surface area contributed by atoms with Gasteiger partial charge < -0.3 is 9.84 Å². The van der Waals surface area contributed by atoms with Crippen LogP contribution in [0.25, 0.3) is 12.2 Å². The molecule has 1 saturated heterocycles. The first-order valence-corrected chi connectivity index (χ1v) is 13.5. The first-order valence-electron chi connectivity index (χ1n) is 11.2. The van der Waals surface area contributed by atoms with Crippen LogP contribution in [0.4, 0.5) is 14.5 Å². The normalized spacial score (nSPS) is 15.5. The molecule has 1 N–H and O–H groups in total. The Kier molecular flexibility index (Phi) is 7.72. The lowest BCUT2D eigenvalue weighted by molar-refractivity contribution is -0.120. The zero-order valence-electron chi connectivity index (χ0n) is 19.6. The molecule has 1 aliphatic rings. The number of nitrogens with one attached hydrogen (secondary N) is 1. The van der Waals surface area contributed by atoms with E-state index in [0.717, 1.165) is 22.2 Å². The molecule has 0 aliphatic carbocycles. The number of amides is 1. The van der Waals surface area contributed by atoms with E-state index in [-0.39, 0.29) is 46.8 Å². The third kappa shape index (κ3) is 5.58. The molecule has 1 fully saturated rings. The van der Waals surface area contributed by atoms with Crippen LogP contribution >= 0.6 is 15.9 Å². The van der Waals surface area contributed by atoms with Gasteiger partial charge in [0.05, 0.1) is 0 Å². The Morgan fingerprint density at radius 2 is 1.86 bits per heavy atom. The zero-order chi connectivity index (χ0) is 26.0. The Bertz CT molecular complexity index is 1430. The van der Waals surface area contributed by atoms with Gasteiger partial charge in [0.25, 0.3) is 0 Å². The summed E-state index contributed by atoms with van der Waals surface area (Å²) in [5.74, 6) is -2.04. The third-order valence-electron chi connectivity index (χ3n) is 6.06. The van der Waals surface area contributed by atoms with Crippen LogP contribution in [0.2, 0.25) is 0 Å². The summed E-state index contributed by atoms with van der Waals surface area (Å²) < 4.78 is 61.4. The lowest BCUT2D eigenvalue weighted by Crippen LogP contribution is -2.41. The Balaban J connectivity index is 1.46. The molecule has 3 aromatic rings. The van der Waals surface area contributed by atoms with Gasteiger partial charge in [0, 0.05) is 40.8 Å². The highest BCUT2D eigenvalue weighted by Crippen LogP contribution is 2.30. The van der Waals surface area contributed by atoms with Crippen LogP contribution in [0.15, 0.2) is 50.3 Å². The summed E-state index contributed by atoms with van der Waals surface area (Å²) in [5, 5.41) is 6.68. The monoisotopic (exact) mass is 579 g/mol. The van der Waals surface area contributed by atoms with E-state index in [0.29, 0.717) is 18.5 Å². The molecule has 1 amide bonds. The molecule has 0 saturated carbocycles. The Morgan fingerprint density at radius 3 is 2.53 bits per heavy atom. The quantitative estimate of drug-likeness (QED) is 0.414. The van der Waals surface area contributed by atoms with Crippen LogP contribution in [0.3, 0.4) is 0 Å². The summed E-state index contributed by atoms with van der Waals surface area (Å²) in [5.41, 5.74) is 1.91. The van der Waals surface area contributed by atoms with Crippen LogP contribution in [0.1, 0.15) is 35.4 Å². The van der Waals surface area contributed by atoms with Crippen molar-refractivity contribution in [3.63, 3.8) is 0 Å². The van der Waals surface area contributed by atoms with Crippen molar-refractivity contribution in [1.29, 1.82) is 0 Å². The lowest BCUT2D eigenvalue weighted by Gasteiger charge is -2.30. The lowest BCUT2D eigenvalue weighted by atomic mass is 9.97. The molecule has 190 valence electrons. The Morgan fingerprint density at radius 1 is 1.14 bits per heavy atom. The number of hydrogen-bond acceptors (Lipinski definition) is 5. The summed E-state index contributed by atoms with van der Waals surface area (Å²) in [4.78, 5) is 12.6. The predicted molar refractivity (Wildman–Crippen MR) is 136 cm³/mol. The summed E-state index contributed by atoms with van der Waals surface area (Å²) in [6, 6.07) is 8.60. The predicted octanol–water partition coefficient (Wildman–Crippen LogP) is 5.54. The van der Waals surface area contributed by atoms with Crippen molar-refractivity contribution in [3.05, 3.63) is 75.1 Å². The summed E-state index contributed by atoms with van der Waals surface area (Å²) in [6.45, 7) is 3.74. The van der Waals surface area contributed by atoms with E-state index in [2.05, 4.69) is 26.4 Å². The van der Waals surface area contributed by atoms with E-state index >= 15 is 0 Å². The average molecular weight is 580 g/mol. The molecule has 1 aromatic heterocycles. The largest absolute Gasteiger partial charge is 0.355 e. The van der Waals surface area contributed by atoms with E-state index in [1.165, 1.54) is 29.4 Å². The van der Waals surface area contributed by atoms with Gasteiger partial charge in [-0.05, 0) is 74.7 Å². The molecule has 0 radical (unpaired) electrons. The van der Waals surface area contributed by atoms with E-state index in [1.54, 1.807) is 6.07 Å². The first-order chi connectivity index (χ1) is 17.1. The number of piperidine rings is 1. The SMILES string of the molecule is Cc1cc(NC(=O)C2CCN(S(=O)(=O)c3c(C)noc3C=Cc3ccc(F)cc3F)CC2)ccc1Br. The van der Waals surface area contributed by atoms with E-state index in [1.807, 2.05) is 19.1 Å². The maximum absolute atomic E-state index is 14.0. The number of anilines is 1. The topological polar surface area (TPSA) is 92.5 Å². The molecule has 2 heterocycles. The van der Waals surface area contributed by atoms with E-state index < -0.39 is 21.7 Å². The van der Waals surface area contributed by atoms with Gasteiger partial charge in [-0.25, -0.2) is 17.2 Å². The Hall–Kier alpha value is -2.89. The molecule has 0 atom stereocenters. The third-order valence-corrected chi connectivity index (χ3v) is 9.01. The molecule has 1 aliphatic heterocycles. The second-order valence-electron chi connectivity index (χ2n) is 8.59. The standard InChI is InChI=1S/C25H24BrF2N3O4S/c1-15-13-20(6-7-21(15)26)29-25(32)18-9-11-31(12-10-18)36(33,34)24-16(2)30-35-23(24)8-4-17-3-5-19(27)14-22(17)28/h3-8,13-14,18H,9-12H2,1-2H3,(H,29,32). The maximum Gasteiger partial charge on any atom is 0.248 e. The summed E-state index contributed by atoms with van der Waals surface area (Å²) in [7, 11) is -3.98. The van der Waals surface area contributed by atoms with Gasteiger partial charge in [0.2, 0.25) is 15.9 Å². The van der Waals surface area contributed by atoms with E-state index in [9.17, 15) is 22.0 Å². The van der Waals surface area contributed by atoms with Gasteiger partial charge >= 0.3 is 0 Å². The molecule has 2 aromatic carbocycles. The van der Waals surface area contributed by atoms with Crippen molar-refractivity contribution in [3.8, 4) is 0 Å². The van der Waals surface area contributed by atoms with Gasteiger partial charge in [-0.15, -0.1) is 0 Å². The van der Waals surface area contributed by atoms with Crippen molar-refractivity contribution in [2.45, 2.75) is 31.6 Å². The van der Waals surface area contributed by atoms with Crippen LogP contribution in [0, 0.1) is 31.4 Å². The van der Waals surface area contributed by atoms with Crippen LogP contribution in [-0.4, -0.2) is 36.9 Å². The number of halogens is 3. The second kappa shape index (κ2) is 10.6. The highest BCUT2D eigenvalue weighted by Gasteiger charge is 2.36. The molecule has 0 bridgehead atoms. The van der Waals surface area contributed by atoms with Gasteiger partial charge in [-0.3, -0.25) is 4.79 Å². The highest BCUT2D eigenvalue weighted by atomic mass is 79.9. The molecule has 0 spiro atoms. The fourth-order valence-corrected chi connectivity index (χ4v) is 6.02. The minimum absolute atomic E-state index is 0.0540. The zero-order valence-corrected chi connectivity index (χ0v) is 22.0. The number of carbonyl (C=O) groups excluding carboxylic acids is 1. The van der Waals surface area contributed by atoms with Crippen molar-refractivity contribution in [2.75, 3.05) is 18.4 Å². The van der Waals surface area contributed by atoms with Crippen molar-refractivity contribution >= 4 is 49.7 Å². The maximum atomic E-state index is 14.0. The number of aryl methyl sites for hydroxylation is 2. The Labute approximate surface area is 216 Å². The average Bonchev–Trinajstić information content (AvgIpc) is 3.22. The minimum atomic E-state index is -3.98. The number of sulfonamides is 1. The molecule has 7 nitrogen and oxygen atoms in total. The molecular formula is C25H24BrF2N3O4S. The number of nitrogens with zero attached hydrogens (tertiary/aromatic N) is 2. The van der Waals surface area contributed by atoms with Gasteiger partial charge in [0.1, 0.15) is 17.3 Å². The van der Waals surface area contributed by atoms with Gasteiger partial charge in [-0.2, -0.15) is 4.31 Å². The van der Waals surface area contributed by atoms with Crippen molar-refractivity contribution < 1.29 is 26.5 Å². The van der Waals surface area contributed by atoms with Crippen LogP contribution < -0.4 is 5.32 Å². The van der Waals surface area contributed by atoms with E-state index in [4.69, 9.17) is 4.52 Å². The number of benzene rings is 2. The molecule has 36 heavy (non-hydrogen) atoms. The molecule has 4 rings (SSSR count). The van der Waals surface area contributed by atoms with Crippen LogP contribution in [-0.2, 0) is 14.8 Å². The number of carbonyl (C=O) groups is 1. The van der Waals surface area contributed by atoms with Crippen molar-refractivity contribution in [2.24, 2.45) is 5.92 Å². The molecule has 11 heteroatoms.